The third kappa shape index (κ3) is 4.83. The highest BCUT2D eigenvalue weighted by atomic mass is 35.5. The fourth-order valence-electron chi connectivity index (χ4n) is 4.57. The highest BCUT2D eigenvalue weighted by Crippen LogP contribution is 2.39. The van der Waals surface area contributed by atoms with Crippen LogP contribution < -0.4 is 5.63 Å². The molecule has 0 amide bonds. The summed E-state index contributed by atoms with van der Waals surface area (Å²) in [5.41, 5.74) is 0.737. The minimum absolute atomic E-state index is 0. The molecule has 2 atom stereocenters. The van der Waals surface area contributed by atoms with Gasteiger partial charge >= 0.3 is 5.63 Å². The van der Waals surface area contributed by atoms with E-state index in [1.54, 1.807) is 31.2 Å². The van der Waals surface area contributed by atoms with Gasteiger partial charge in [0, 0.05) is 18.4 Å². The number of carbonyl (C=O) groups is 1. The molecule has 4 rings (SSSR count). The molecule has 6 heteroatoms. The smallest absolute Gasteiger partial charge is 0.343 e. The first-order chi connectivity index (χ1) is 14.6. The van der Waals surface area contributed by atoms with E-state index in [0.717, 1.165) is 31.5 Å². The van der Waals surface area contributed by atoms with Gasteiger partial charge in [0.05, 0.1) is 10.9 Å². The summed E-state index contributed by atoms with van der Waals surface area (Å²) in [4.78, 5) is 28.2. The molecule has 5 nitrogen and oxygen atoms in total. The van der Waals surface area contributed by atoms with Crippen molar-refractivity contribution in [3.63, 3.8) is 0 Å². The average molecular weight is 442 g/mol. The van der Waals surface area contributed by atoms with Gasteiger partial charge in [-0.3, -0.25) is 4.79 Å². The molecule has 0 aliphatic carbocycles. The number of nitrogens with zero attached hydrogens (tertiary/aromatic N) is 1. The quantitative estimate of drug-likeness (QED) is 0.559. The van der Waals surface area contributed by atoms with E-state index in [1.165, 1.54) is 6.42 Å². The topological polar surface area (TPSA) is 70.8 Å². The summed E-state index contributed by atoms with van der Waals surface area (Å²) >= 11 is 0. The van der Waals surface area contributed by atoms with Crippen LogP contribution >= 0.6 is 12.4 Å². The molecule has 1 fully saturated rings. The Kier molecular flexibility index (Phi) is 7.52. The third-order valence-corrected chi connectivity index (χ3v) is 6.12. The molecular formula is C25H28ClNO4. The van der Waals surface area contributed by atoms with E-state index in [9.17, 15) is 14.7 Å². The Bertz CT molecular complexity index is 1090. The van der Waals surface area contributed by atoms with Crippen LogP contribution in [0.2, 0.25) is 0 Å². The van der Waals surface area contributed by atoms with E-state index in [2.05, 4.69) is 4.90 Å². The summed E-state index contributed by atoms with van der Waals surface area (Å²) in [5, 5.41) is 11.6. The Morgan fingerprint density at radius 2 is 1.68 bits per heavy atom. The van der Waals surface area contributed by atoms with Crippen molar-refractivity contribution in [1.82, 2.24) is 4.90 Å². The van der Waals surface area contributed by atoms with E-state index in [0.29, 0.717) is 17.5 Å². The highest BCUT2D eigenvalue weighted by molar-refractivity contribution is 5.86. The van der Waals surface area contributed by atoms with Crippen LogP contribution in [0.5, 0.6) is 5.75 Å². The summed E-state index contributed by atoms with van der Waals surface area (Å²) in [5.74, 6) is -1.13. The Balaban J connectivity index is 0.00000272. The molecule has 1 aromatic heterocycles. The summed E-state index contributed by atoms with van der Waals surface area (Å²) in [7, 11) is 0. The van der Waals surface area contributed by atoms with Gasteiger partial charge in [0.25, 0.3) is 0 Å². The maximum Gasteiger partial charge on any atom is 0.343 e. The zero-order valence-electron chi connectivity index (χ0n) is 17.6. The van der Waals surface area contributed by atoms with Crippen LogP contribution in [0.15, 0.2) is 63.8 Å². The number of halogens is 1. The standard InChI is InChI=1S/C25H27NO4.ClH/c1-17(27)20(16-26-14-8-3-9-15-26)22(18-10-4-2-5-11-18)23-24(28)19-12-6-7-13-21(19)30-25(23)29;/h2,4-7,10-13,20,22,28H,3,8-9,14-16H2,1H3;1H. The summed E-state index contributed by atoms with van der Waals surface area (Å²) < 4.78 is 5.56. The molecule has 1 aliphatic rings. The van der Waals surface area contributed by atoms with Crippen molar-refractivity contribution in [2.24, 2.45) is 5.92 Å². The number of rotatable bonds is 6. The normalized spacial score (nSPS) is 16.4. The fraction of sp³-hybridized carbons (Fsp3) is 0.360. The SMILES string of the molecule is CC(=O)C(CN1CCCCC1)C(c1ccccc1)c1c(O)c2ccccc2oc1=O.Cl. The van der Waals surface area contributed by atoms with Crippen molar-refractivity contribution < 1.29 is 14.3 Å². The second-order valence-electron chi connectivity index (χ2n) is 8.11. The van der Waals surface area contributed by atoms with Gasteiger partial charge < -0.3 is 14.4 Å². The monoisotopic (exact) mass is 441 g/mol. The predicted molar refractivity (Wildman–Crippen MR) is 124 cm³/mol. The van der Waals surface area contributed by atoms with Crippen molar-refractivity contribution >= 4 is 29.2 Å². The highest BCUT2D eigenvalue weighted by Gasteiger charge is 2.35. The molecular weight excluding hydrogens is 414 g/mol. The Labute approximate surface area is 188 Å². The lowest BCUT2D eigenvalue weighted by molar-refractivity contribution is -0.121. The number of likely N-dealkylation sites (tertiary alicyclic amines) is 1. The maximum atomic E-state index is 13.0. The lowest BCUT2D eigenvalue weighted by Crippen LogP contribution is -2.39. The Morgan fingerprint density at radius 1 is 1.03 bits per heavy atom. The van der Waals surface area contributed by atoms with E-state index >= 15 is 0 Å². The molecule has 164 valence electrons. The lowest BCUT2D eigenvalue weighted by atomic mass is 9.78. The lowest BCUT2D eigenvalue weighted by Gasteiger charge is -2.33. The van der Waals surface area contributed by atoms with Crippen LogP contribution in [0.25, 0.3) is 11.0 Å². The Morgan fingerprint density at radius 3 is 2.35 bits per heavy atom. The van der Waals surface area contributed by atoms with Gasteiger partial charge in [0.15, 0.2) is 0 Å². The summed E-state index contributed by atoms with van der Waals surface area (Å²) in [6.07, 6.45) is 3.44. The minimum atomic E-state index is -0.593. The molecule has 0 saturated carbocycles. The summed E-state index contributed by atoms with van der Waals surface area (Å²) in [6.45, 7) is 4.03. The van der Waals surface area contributed by atoms with Gasteiger partial charge in [-0.05, 0) is 50.6 Å². The van der Waals surface area contributed by atoms with Gasteiger partial charge in [0.1, 0.15) is 17.1 Å². The van der Waals surface area contributed by atoms with Crippen molar-refractivity contribution in [1.29, 1.82) is 0 Å². The van der Waals surface area contributed by atoms with Gasteiger partial charge in [-0.15, -0.1) is 12.4 Å². The zero-order valence-corrected chi connectivity index (χ0v) is 18.4. The average Bonchev–Trinajstić information content (AvgIpc) is 2.76. The van der Waals surface area contributed by atoms with Crippen LogP contribution in [0.3, 0.4) is 0 Å². The number of ketones is 1. The molecule has 1 aliphatic heterocycles. The number of hydrogen-bond acceptors (Lipinski definition) is 5. The molecule has 3 aromatic rings. The molecule has 0 radical (unpaired) electrons. The van der Waals surface area contributed by atoms with Crippen molar-refractivity contribution in [2.75, 3.05) is 19.6 Å². The van der Waals surface area contributed by atoms with Gasteiger partial charge in [0.2, 0.25) is 0 Å². The first kappa shape index (κ1) is 23.0. The molecule has 1 N–H and O–H groups in total. The first-order valence-corrected chi connectivity index (χ1v) is 10.6. The van der Waals surface area contributed by atoms with Crippen molar-refractivity contribution in [3.8, 4) is 5.75 Å². The van der Waals surface area contributed by atoms with E-state index in [-0.39, 0.29) is 29.5 Å². The molecule has 2 heterocycles. The van der Waals surface area contributed by atoms with Crippen LogP contribution in [0.4, 0.5) is 0 Å². The van der Waals surface area contributed by atoms with Gasteiger partial charge in [-0.2, -0.15) is 0 Å². The first-order valence-electron chi connectivity index (χ1n) is 10.6. The largest absolute Gasteiger partial charge is 0.507 e. The fourth-order valence-corrected chi connectivity index (χ4v) is 4.57. The van der Waals surface area contributed by atoms with Crippen LogP contribution in [0.1, 0.15) is 43.2 Å². The number of aromatic hydroxyl groups is 1. The molecule has 0 spiro atoms. The van der Waals surface area contributed by atoms with E-state index in [1.807, 2.05) is 30.3 Å². The second-order valence-corrected chi connectivity index (χ2v) is 8.11. The van der Waals surface area contributed by atoms with Crippen LogP contribution in [-0.2, 0) is 4.79 Å². The molecule has 2 unspecified atom stereocenters. The number of piperidine rings is 1. The van der Waals surface area contributed by atoms with Gasteiger partial charge in [-0.1, -0.05) is 48.9 Å². The van der Waals surface area contributed by atoms with Crippen LogP contribution in [0, 0.1) is 5.92 Å². The predicted octanol–water partition coefficient (Wildman–Crippen LogP) is 4.74. The number of fused-ring (bicyclic) bond motifs is 1. The van der Waals surface area contributed by atoms with E-state index in [4.69, 9.17) is 4.42 Å². The molecule has 1 saturated heterocycles. The Hall–Kier alpha value is -2.63. The van der Waals surface area contributed by atoms with Gasteiger partial charge in [-0.25, -0.2) is 4.79 Å². The van der Waals surface area contributed by atoms with Crippen LogP contribution in [-0.4, -0.2) is 35.4 Å². The molecule has 31 heavy (non-hydrogen) atoms. The summed E-state index contributed by atoms with van der Waals surface area (Å²) in [6, 6.07) is 16.4. The molecule has 2 aromatic carbocycles. The number of para-hydroxylation sites is 1. The number of Topliss-reactive ketones (excluding diaryl/α,β-unsaturated/α-hetero) is 1. The minimum Gasteiger partial charge on any atom is -0.507 e. The van der Waals surface area contributed by atoms with Crippen molar-refractivity contribution in [3.05, 3.63) is 76.1 Å². The third-order valence-electron chi connectivity index (χ3n) is 6.12. The number of benzene rings is 2. The number of hydrogen-bond donors (Lipinski definition) is 1. The van der Waals surface area contributed by atoms with E-state index < -0.39 is 17.5 Å². The second kappa shape index (κ2) is 10.1. The maximum absolute atomic E-state index is 13.0. The zero-order chi connectivity index (χ0) is 21.1. The number of carbonyl (C=O) groups excluding carboxylic acids is 1. The molecule has 0 bridgehead atoms. The van der Waals surface area contributed by atoms with Crippen molar-refractivity contribution in [2.45, 2.75) is 32.1 Å².